The molecule has 3 rings (SSSR count). The quantitative estimate of drug-likeness (QED) is 0.583. The van der Waals surface area contributed by atoms with Crippen LogP contribution in [-0.2, 0) is 24.9 Å². The minimum absolute atomic E-state index is 0.198. The molecular formula is C20H24N4O4. The highest BCUT2D eigenvalue weighted by Crippen LogP contribution is 2.16. The summed E-state index contributed by atoms with van der Waals surface area (Å²) in [5.41, 5.74) is 1.14. The molecule has 0 unspecified atom stereocenters. The van der Waals surface area contributed by atoms with Gasteiger partial charge < -0.3 is 14.0 Å². The van der Waals surface area contributed by atoms with Crippen LogP contribution < -0.4 is 16.0 Å². The van der Waals surface area contributed by atoms with Crippen molar-refractivity contribution >= 4 is 23.3 Å². The summed E-state index contributed by atoms with van der Waals surface area (Å²) in [6.45, 7) is 4.61. The number of nitrogens with zero attached hydrogens (tertiary/aromatic N) is 4. The number of hydrogen-bond acceptors (Lipinski definition) is 5. The third kappa shape index (κ3) is 3.50. The van der Waals surface area contributed by atoms with Crippen LogP contribution in [0.25, 0.3) is 23.3 Å². The van der Waals surface area contributed by atoms with Gasteiger partial charge in [-0.05, 0) is 37.6 Å². The van der Waals surface area contributed by atoms with Crippen LogP contribution in [0.1, 0.15) is 25.2 Å². The molecule has 0 aliphatic heterocycles. The van der Waals surface area contributed by atoms with Gasteiger partial charge in [-0.3, -0.25) is 13.9 Å². The average Bonchev–Trinajstić information content (AvgIpc) is 3.02. The normalized spacial score (nSPS) is 11.6. The standard InChI is InChI=1S/C20H24N4O4/c1-5-23-18-17(19(25)24(6-2)20(23)26)22(3)16(21-18)12-9-14-7-10-15(11-8-14)28-13-27-4/h7-12H,5-6,13H2,1-4H3. The highest BCUT2D eigenvalue weighted by atomic mass is 16.7. The Morgan fingerprint density at radius 3 is 2.32 bits per heavy atom. The molecule has 0 saturated heterocycles. The van der Waals surface area contributed by atoms with Crippen LogP contribution in [0.15, 0.2) is 33.9 Å². The first kappa shape index (κ1) is 19.6. The molecule has 0 aliphatic rings. The molecule has 2 aromatic heterocycles. The molecule has 148 valence electrons. The monoisotopic (exact) mass is 384 g/mol. The van der Waals surface area contributed by atoms with E-state index in [9.17, 15) is 9.59 Å². The zero-order valence-electron chi connectivity index (χ0n) is 16.5. The lowest BCUT2D eigenvalue weighted by molar-refractivity contribution is 0.0511. The number of aryl methyl sites for hydroxylation is 2. The number of aromatic nitrogens is 4. The fourth-order valence-electron chi connectivity index (χ4n) is 3.07. The number of benzene rings is 1. The number of ether oxygens (including phenoxy) is 2. The molecule has 0 spiro atoms. The lowest BCUT2D eigenvalue weighted by Gasteiger charge is -2.08. The maximum Gasteiger partial charge on any atom is 0.332 e. The van der Waals surface area contributed by atoms with Gasteiger partial charge in [-0.1, -0.05) is 18.2 Å². The molecule has 2 heterocycles. The first-order chi connectivity index (χ1) is 13.5. The summed E-state index contributed by atoms with van der Waals surface area (Å²) in [6, 6.07) is 7.52. The number of imidazole rings is 1. The van der Waals surface area contributed by atoms with E-state index in [2.05, 4.69) is 4.98 Å². The van der Waals surface area contributed by atoms with Crippen molar-refractivity contribution in [2.75, 3.05) is 13.9 Å². The number of hydrogen-bond donors (Lipinski definition) is 0. The first-order valence-electron chi connectivity index (χ1n) is 9.11. The van der Waals surface area contributed by atoms with E-state index in [0.717, 1.165) is 5.56 Å². The molecule has 0 amide bonds. The van der Waals surface area contributed by atoms with Gasteiger partial charge in [0.15, 0.2) is 18.0 Å². The zero-order valence-corrected chi connectivity index (χ0v) is 16.5. The van der Waals surface area contributed by atoms with Gasteiger partial charge in [-0.15, -0.1) is 0 Å². The highest BCUT2D eigenvalue weighted by molar-refractivity contribution is 5.76. The Kier molecular flexibility index (Phi) is 5.79. The van der Waals surface area contributed by atoms with Crippen molar-refractivity contribution in [1.82, 2.24) is 18.7 Å². The minimum Gasteiger partial charge on any atom is -0.468 e. The molecule has 0 bridgehead atoms. The first-order valence-corrected chi connectivity index (χ1v) is 9.11. The van der Waals surface area contributed by atoms with E-state index < -0.39 is 0 Å². The van der Waals surface area contributed by atoms with Gasteiger partial charge in [0.1, 0.15) is 11.6 Å². The Bertz CT molecular complexity index is 1120. The summed E-state index contributed by atoms with van der Waals surface area (Å²) in [4.78, 5) is 29.8. The molecule has 0 atom stereocenters. The van der Waals surface area contributed by atoms with E-state index in [1.54, 1.807) is 25.6 Å². The Labute approximate surface area is 162 Å². The van der Waals surface area contributed by atoms with Crippen LogP contribution in [0, 0.1) is 0 Å². The van der Waals surface area contributed by atoms with Gasteiger partial charge in [-0.2, -0.15) is 0 Å². The van der Waals surface area contributed by atoms with E-state index in [1.165, 1.54) is 9.13 Å². The molecule has 8 nitrogen and oxygen atoms in total. The van der Waals surface area contributed by atoms with Gasteiger partial charge in [-0.25, -0.2) is 9.78 Å². The van der Waals surface area contributed by atoms with Crippen LogP contribution in [0.3, 0.4) is 0 Å². The summed E-state index contributed by atoms with van der Waals surface area (Å²) in [5, 5.41) is 0. The number of methoxy groups -OCH3 is 1. The third-order valence-electron chi connectivity index (χ3n) is 4.56. The molecule has 1 aromatic carbocycles. The number of rotatable bonds is 7. The zero-order chi connectivity index (χ0) is 20.3. The predicted octanol–water partition coefficient (Wildman–Crippen LogP) is 2.09. The van der Waals surface area contributed by atoms with Crippen LogP contribution >= 0.6 is 0 Å². The maximum absolute atomic E-state index is 12.7. The lowest BCUT2D eigenvalue weighted by Crippen LogP contribution is -2.39. The van der Waals surface area contributed by atoms with Gasteiger partial charge in [0.25, 0.3) is 5.56 Å². The Balaban J connectivity index is 2.01. The van der Waals surface area contributed by atoms with Gasteiger partial charge >= 0.3 is 5.69 Å². The molecule has 8 heteroatoms. The van der Waals surface area contributed by atoms with Gasteiger partial charge in [0.05, 0.1) is 0 Å². The second-order valence-corrected chi connectivity index (χ2v) is 6.23. The van der Waals surface area contributed by atoms with Crippen molar-refractivity contribution in [2.45, 2.75) is 26.9 Å². The van der Waals surface area contributed by atoms with Crippen molar-refractivity contribution in [1.29, 1.82) is 0 Å². The smallest absolute Gasteiger partial charge is 0.332 e. The summed E-state index contributed by atoms with van der Waals surface area (Å²) in [7, 11) is 3.35. The Hall–Kier alpha value is -3.13. The molecule has 0 saturated carbocycles. The molecule has 3 aromatic rings. The SMILES string of the molecule is CCn1c(=O)c2c(nc(C=Cc3ccc(OCOC)cc3)n2C)n(CC)c1=O. The largest absolute Gasteiger partial charge is 0.468 e. The molecule has 0 aliphatic carbocycles. The second kappa shape index (κ2) is 8.26. The van der Waals surface area contributed by atoms with Crippen LogP contribution in [-0.4, -0.2) is 32.6 Å². The summed E-state index contributed by atoms with van der Waals surface area (Å²) in [5.74, 6) is 1.32. The Morgan fingerprint density at radius 1 is 1.04 bits per heavy atom. The topological polar surface area (TPSA) is 80.3 Å². The minimum atomic E-state index is -0.331. The molecule has 0 fully saturated rings. The molecular weight excluding hydrogens is 360 g/mol. The lowest BCUT2D eigenvalue weighted by atomic mass is 10.2. The van der Waals surface area contributed by atoms with Gasteiger partial charge in [0, 0.05) is 27.2 Å². The highest BCUT2D eigenvalue weighted by Gasteiger charge is 2.17. The van der Waals surface area contributed by atoms with E-state index in [4.69, 9.17) is 9.47 Å². The molecule has 0 N–H and O–H groups in total. The predicted molar refractivity (Wildman–Crippen MR) is 108 cm³/mol. The van der Waals surface area contributed by atoms with Crippen LogP contribution in [0.2, 0.25) is 0 Å². The van der Waals surface area contributed by atoms with Gasteiger partial charge in [0.2, 0.25) is 0 Å². The fourth-order valence-corrected chi connectivity index (χ4v) is 3.07. The third-order valence-corrected chi connectivity index (χ3v) is 4.56. The van der Waals surface area contributed by atoms with E-state index in [1.807, 2.05) is 43.3 Å². The fraction of sp³-hybridized carbons (Fsp3) is 0.350. The van der Waals surface area contributed by atoms with E-state index in [-0.39, 0.29) is 18.0 Å². The summed E-state index contributed by atoms with van der Waals surface area (Å²) >= 11 is 0. The summed E-state index contributed by atoms with van der Waals surface area (Å²) < 4.78 is 14.7. The van der Waals surface area contributed by atoms with Crippen molar-refractivity contribution in [2.24, 2.45) is 7.05 Å². The van der Waals surface area contributed by atoms with Crippen molar-refractivity contribution in [3.63, 3.8) is 0 Å². The van der Waals surface area contributed by atoms with Crippen molar-refractivity contribution in [3.8, 4) is 5.75 Å². The Morgan fingerprint density at radius 2 is 1.71 bits per heavy atom. The van der Waals surface area contributed by atoms with Crippen molar-refractivity contribution < 1.29 is 9.47 Å². The van der Waals surface area contributed by atoms with Crippen molar-refractivity contribution in [3.05, 3.63) is 56.5 Å². The van der Waals surface area contributed by atoms with Crippen LogP contribution in [0.4, 0.5) is 0 Å². The van der Waals surface area contributed by atoms with E-state index >= 15 is 0 Å². The molecule has 0 radical (unpaired) electrons. The second-order valence-electron chi connectivity index (χ2n) is 6.23. The average molecular weight is 384 g/mol. The summed E-state index contributed by atoms with van der Waals surface area (Å²) in [6.07, 6.45) is 3.72. The van der Waals surface area contributed by atoms with E-state index in [0.29, 0.717) is 35.8 Å². The molecule has 28 heavy (non-hydrogen) atoms. The maximum atomic E-state index is 12.7. The number of fused-ring (bicyclic) bond motifs is 1. The van der Waals surface area contributed by atoms with Crippen LogP contribution in [0.5, 0.6) is 5.75 Å².